The SMILES string of the molecule is COC(=O)CCCC(N)=Nc1[nH]c2ccccc2c1OC(=O)O. The van der Waals surface area contributed by atoms with E-state index in [1.54, 1.807) is 24.3 Å². The van der Waals surface area contributed by atoms with E-state index in [4.69, 9.17) is 15.6 Å². The summed E-state index contributed by atoms with van der Waals surface area (Å²) in [4.78, 5) is 29.0. The fourth-order valence-corrected chi connectivity index (χ4v) is 2.09. The number of esters is 1. The summed E-state index contributed by atoms with van der Waals surface area (Å²) in [5.41, 5.74) is 6.51. The molecule has 1 aromatic heterocycles. The van der Waals surface area contributed by atoms with E-state index in [1.807, 2.05) is 0 Å². The molecule has 0 aliphatic heterocycles. The molecule has 8 heteroatoms. The third kappa shape index (κ3) is 4.22. The average molecular weight is 319 g/mol. The van der Waals surface area contributed by atoms with Crippen molar-refractivity contribution in [3.8, 4) is 5.75 Å². The second-order valence-corrected chi connectivity index (χ2v) is 4.75. The molecule has 0 spiro atoms. The number of aliphatic imine (C=N–C) groups is 1. The minimum Gasteiger partial charge on any atom is -0.469 e. The molecular formula is C15H17N3O5. The maximum atomic E-state index is 11.1. The first kappa shape index (κ1) is 16.3. The Morgan fingerprint density at radius 2 is 2.04 bits per heavy atom. The molecule has 1 heterocycles. The Kier molecular flexibility index (Phi) is 5.19. The highest BCUT2D eigenvalue weighted by atomic mass is 16.7. The molecule has 0 fully saturated rings. The van der Waals surface area contributed by atoms with Gasteiger partial charge >= 0.3 is 12.1 Å². The summed E-state index contributed by atoms with van der Waals surface area (Å²) >= 11 is 0. The number of aromatic amines is 1. The molecule has 0 radical (unpaired) electrons. The number of methoxy groups -OCH3 is 1. The maximum absolute atomic E-state index is 11.1. The summed E-state index contributed by atoms with van der Waals surface area (Å²) in [5, 5.41) is 9.46. The van der Waals surface area contributed by atoms with Crippen LogP contribution in [0.5, 0.6) is 5.75 Å². The molecule has 4 N–H and O–H groups in total. The van der Waals surface area contributed by atoms with Crippen LogP contribution in [0.3, 0.4) is 0 Å². The number of rotatable bonds is 6. The molecule has 0 saturated heterocycles. The first-order chi connectivity index (χ1) is 11.0. The molecule has 0 atom stereocenters. The van der Waals surface area contributed by atoms with Gasteiger partial charge in [0.2, 0.25) is 0 Å². The Labute approximate surface area is 131 Å². The number of ether oxygens (including phenoxy) is 2. The van der Waals surface area contributed by atoms with E-state index in [-0.39, 0.29) is 29.8 Å². The second kappa shape index (κ2) is 7.30. The van der Waals surface area contributed by atoms with Gasteiger partial charge in [-0.1, -0.05) is 12.1 Å². The highest BCUT2D eigenvalue weighted by Gasteiger charge is 2.15. The van der Waals surface area contributed by atoms with Crippen LogP contribution in [-0.2, 0) is 9.53 Å². The number of para-hydroxylation sites is 1. The van der Waals surface area contributed by atoms with Gasteiger partial charge in [-0.25, -0.2) is 9.79 Å². The van der Waals surface area contributed by atoms with E-state index in [0.717, 1.165) is 0 Å². The lowest BCUT2D eigenvalue weighted by Gasteiger charge is -2.02. The van der Waals surface area contributed by atoms with E-state index in [1.165, 1.54) is 7.11 Å². The molecule has 0 aliphatic carbocycles. The van der Waals surface area contributed by atoms with E-state index in [0.29, 0.717) is 23.7 Å². The van der Waals surface area contributed by atoms with Crippen LogP contribution in [-0.4, -0.2) is 35.2 Å². The lowest BCUT2D eigenvalue weighted by molar-refractivity contribution is -0.140. The number of carboxylic acid groups (broad SMARTS) is 1. The van der Waals surface area contributed by atoms with Gasteiger partial charge in [-0.05, 0) is 18.6 Å². The number of fused-ring (bicyclic) bond motifs is 1. The molecule has 0 bridgehead atoms. The zero-order valence-electron chi connectivity index (χ0n) is 12.5. The van der Waals surface area contributed by atoms with E-state index in [2.05, 4.69) is 14.7 Å². The Morgan fingerprint density at radius 3 is 2.74 bits per heavy atom. The second-order valence-electron chi connectivity index (χ2n) is 4.75. The number of nitrogens with two attached hydrogens (primary N) is 1. The summed E-state index contributed by atoms with van der Waals surface area (Å²) in [6, 6.07) is 7.06. The molecule has 2 rings (SSSR count). The first-order valence-electron chi connectivity index (χ1n) is 6.92. The van der Waals surface area contributed by atoms with Gasteiger partial charge in [0.05, 0.1) is 12.6 Å². The predicted octanol–water partition coefficient (Wildman–Crippen LogP) is 2.56. The molecule has 122 valence electrons. The van der Waals surface area contributed by atoms with Gasteiger partial charge in [-0.15, -0.1) is 0 Å². The number of hydrogen-bond donors (Lipinski definition) is 3. The Hall–Kier alpha value is -3.03. The van der Waals surface area contributed by atoms with Crippen LogP contribution in [0, 0.1) is 0 Å². The van der Waals surface area contributed by atoms with Gasteiger partial charge in [-0.2, -0.15) is 0 Å². The van der Waals surface area contributed by atoms with Crippen LogP contribution < -0.4 is 10.5 Å². The van der Waals surface area contributed by atoms with E-state index < -0.39 is 6.16 Å². The van der Waals surface area contributed by atoms with Crippen LogP contribution in [0.2, 0.25) is 0 Å². The van der Waals surface area contributed by atoms with Gasteiger partial charge in [0.25, 0.3) is 0 Å². The van der Waals surface area contributed by atoms with Crippen molar-refractivity contribution in [1.82, 2.24) is 4.98 Å². The summed E-state index contributed by atoms with van der Waals surface area (Å²) in [6.45, 7) is 0. The number of carbonyl (C=O) groups is 2. The predicted molar refractivity (Wildman–Crippen MR) is 84.1 cm³/mol. The van der Waals surface area contributed by atoms with Crippen LogP contribution in [0.15, 0.2) is 29.3 Å². The normalized spacial score (nSPS) is 11.4. The molecular weight excluding hydrogens is 302 g/mol. The van der Waals surface area contributed by atoms with E-state index in [9.17, 15) is 9.59 Å². The largest absolute Gasteiger partial charge is 0.511 e. The van der Waals surface area contributed by atoms with Crippen molar-refractivity contribution in [2.45, 2.75) is 19.3 Å². The van der Waals surface area contributed by atoms with Gasteiger partial charge in [0.15, 0.2) is 11.6 Å². The standard InChI is InChI=1S/C15H17N3O5/c1-22-12(19)8-4-7-11(16)18-14-13(23-15(20)21)9-5-2-3-6-10(9)17-14/h2-3,5-6,17H,4,7-8H2,1H3,(H2,16,18)(H,20,21). The molecule has 0 aliphatic rings. The molecule has 1 aromatic carbocycles. The highest BCUT2D eigenvalue weighted by molar-refractivity contribution is 5.95. The third-order valence-corrected chi connectivity index (χ3v) is 3.13. The Morgan fingerprint density at radius 1 is 1.30 bits per heavy atom. The topological polar surface area (TPSA) is 127 Å². The number of nitrogens with one attached hydrogen (secondary N) is 1. The van der Waals surface area contributed by atoms with Crippen molar-refractivity contribution >= 4 is 34.7 Å². The Bertz CT molecular complexity index is 751. The number of amidine groups is 1. The van der Waals surface area contributed by atoms with Crippen molar-refractivity contribution in [3.05, 3.63) is 24.3 Å². The summed E-state index contributed by atoms with van der Waals surface area (Å²) in [7, 11) is 1.32. The summed E-state index contributed by atoms with van der Waals surface area (Å²) in [5.74, 6) is 0.266. The number of benzene rings is 1. The summed E-state index contributed by atoms with van der Waals surface area (Å²) in [6.07, 6.45) is -0.345. The van der Waals surface area contributed by atoms with Crippen LogP contribution >= 0.6 is 0 Å². The minimum atomic E-state index is -1.43. The van der Waals surface area contributed by atoms with Gasteiger partial charge in [-0.3, -0.25) is 4.79 Å². The molecule has 8 nitrogen and oxygen atoms in total. The molecule has 0 amide bonds. The van der Waals surface area contributed by atoms with Crippen molar-refractivity contribution in [1.29, 1.82) is 0 Å². The molecule has 0 saturated carbocycles. The summed E-state index contributed by atoms with van der Waals surface area (Å²) < 4.78 is 9.35. The fraction of sp³-hybridized carbons (Fsp3) is 0.267. The van der Waals surface area contributed by atoms with Gasteiger partial charge in [0, 0.05) is 18.2 Å². The third-order valence-electron chi connectivity index (χ3n) is 3.13. The quantitative estimate of drug-likeness (QED) is 0.426. The number of aromatic nitrogens is 1. The number of hydrogen-bond acceptors (Lipinski definition) is 5. The number of H-pyrrole nitrogens is 1. The smallest absolute Gasteiger partial charge is 0.469 e. The van der Waals surface area contributed by atoms with Crippen molar-refractivity contribution < 1.29 is 24.2 Å². The van der Waals surface area contributed by atoms with E-state index >= 15 is 0 Å². The first-order valence-corrected chi connectivity index (χ1v) is 6.92. The van der Waals surface area contributed by atoms with Crippen LogP contribution in [0.25, 0.3) is 10.9 Å². The zero-order valence-corrected chi connectivity index (χ0v) is 12.5. The monoisotopic (exact) mass is 319 g/mol. The molecule has 0 unspecified atom stereocenters. The minimum absolute atomic E-state index is 0.101. The lowest BCUT2D eigenvalue weighted by atomic mass is 10.2. The molecule has 2 aromatic rings. The fourth-order valence-electron chi connectivity index (χ4n) is 2.09. The lowest BCUT2D eigenvalue weighted by Crippen LogP contribution is -2.12. The van der Waals surface area contributed by atoms with Crippen LogP contribution in [0.4, 0.5) is 10.6 Å². The van der Waals surface area contributed by atoms with Crippen LogP contribution in [0.1, 0.15) is 19.3 Å². The number of nitrogens with zero attached hydrogens (tertiary/aromatic N) is 1. The number of carbonyl (C=O) groups excluding carboxylic acids is 1. The van der Waals surface area contributed by atoms with Gasteiger partial charge < -0.3 is 25.3 Å². The maximum Gasteiger partial charge on any atom is 0.511 e. The zero-order chi connectivity index (χ0) is 16.8. The Balaban J connectivity index is 2.22. The molecule has 23 heavy (non-hydrogen) atoms. The average Bonchev–Trinajstić information content (AvgIpc) is 2.84. The van der Waals surface area contributed by atoms with Crippen molar-refractivity contribution in [2.24, 2.45) is 10.7 Å². The van der Waals surface area contributed by atoms with Crippen molar-refractivity contribution in [2.75, 3.05) is 7.11 Å². The highest BCUT2D eigenvalue weighted by Crippen LogP contribution is 2.36. The van der Waals surface area contributed by atoms with Gasteiger partial charge in [0.1, 0.15) is 5.84 Å². The van der Waals surface area contributed by atoms with Crippen molar-refractivity contribution in [3.63, 3.8) is 0 Å².